The highest BCUT2D eigenvalue weighted by molar-refractivity contribution is 5.92. The molecule has 0 atom stereocenters. The Morgan fingerprint density at radius 1 is 1.06 bits per heavy atom. The molecule has 2 aromatic heterocycles. The summed E-state index contributed by atoms with van der Waals surface area (Å²) in [4.78, 5) is 12.4. The van der Waals surface area contributed by atoms with E-state index in [-0.39, 0.29) is 34.7 Å². The summed E-state index contributed by atoms with van der Waals surface area (Å²) in [6.45, 7) is 0.319. The molecule has 0 aliphatic carbocycles. The number of nitrogens with one attached hydrogen (secondary N) is 1. The number of furan rings is 1. The maximum Gasteiger partial charge on any atom is 0.287 e. The van der Waals surface area contributed by atoms with Crippen LogP contribution in [0.2, 0.25) is 0 Å². The average molecular weight is 447 g/mol. The molecule has 1 amide bonds. The van der Waals surface area contributed by atoms with Crippen LogP contribution in [0.4, 0.5) is 14.6 Å². The highest BCUT2D eigenvalue weighted by Gasteiger charge is 2.17. The van der Waals surface area contributed by atoms with Crippen molar-refractivity contribution in [1.29, 1.82) is 5.26 Å². The van der Waals surface area contributed by atoms with E-state index in [2.05, 4.69) is 16.5 Å². The van der Waals surface area contributed by atoms with Gasteiger partial charge in [-0.3, -0.25) is 4.79 Å². The first kappa shape index (κ1) is 21.8. The molecule has 0 spiro atoms. The normalized spacial score (nSPS) is 10.7. The predicted octanol–water partition coefficient (Wildman–Crippen LogP) is 4.23. The van der Waals surface area contributed by atoms with E-state index in [1.54, 1.807) is 24.3 Å². The van der Waals surface area contributed by atoms with Crippen LogP contribution in [-0.2, 0) is 6.42 Å². The van der Waals surface area contributed by atoms with E-state index in [1.807, 2.05) is 0 Å². The minimum Gasteiger partial charge on any atom is -0.451 e. The Hall–Kier alpha value is -4.45. The van der Waals surface area contributed by atoms with Crippen molar-refractivity contribution in [3.05, 3.63) is 89.3 Å². The highest BCUT2D eigenvalue weighted by Crippen LogP contribution is 2.23. The monoisotopic (exact) mass is 447 g/mol. The zero-order valence-electron chi connectivity index (χ0n) is 17.4. The molecule has 33 heavy (non-hydrogen) atoms. The summed E-state index contributed by atoms with van der Waals surface area (Å²) >= 11 is 0. The molecule has 0 unspecified atom stereocenters. The predicted molar refractivity (Wildman–Crippen MR) is 117 cm³/mol. The van der Waals surface area contributed by atoms with Crippen LogP contribution in [-0.4, -0.2) is 22.2 Å². The maximum atomic E-state index is 13.2. The number of halogens is 2. The fourth-order valence-electron chi connectivity index (χ4n) is 3.33. The first-order valence-electron chi connectivity index (χ1n) is 10.1. The Morgan fingerprint density at radius 3 is 2.39 bits per heavy atom. The molecule has 9 heteroatoms. The lowest BCUT2D eigenvalue weighted by Gasteiger charge is -2.03. The van der Waals surface area contributed by atoms with E-state index in [4.69, 9.17) is 10.2 Å². The topological polar surface area (TPSA) is 110 Å². The number of nitrogens with two attached hydrogens (primary N) is 1. The lowest BCUT2D eigenvalue weighted by molar-refractivity contribution is 0.0926. The Balaban J connectivity index is 1.36. The number of nitriles is 1. The third-order valence-corrected chi connectivity index (χ3v) is 5.01. The van der Waals surface area contributed by atoms with Crippen molar-refractivity contribution in [2.24, 2.45) is 0 Å². The molecule has 0 saturated carbocycles. The second kappa shape index (κ2) is 9.36. The third kappa shape index (κ3) is 4.75. The molecule has 0 fully saturated rings. The number of aromatic nitrogens is 2. The lowest BCUT2D eigenvalue weighted by Crippen LogP contribution is -2.24. The molecule has 2 heterocycles. The second-order valence-electron chi connectivity index (χ2n) is 7.24. The van der Waals surface area contributed by atoms with Crippen molar-refractivity contribution in [2.75, 3.05) is 12.3 Å². The van der Waals surface area contributed by atoms with Gasteiger partial charge in [-0.1, -0.05) is 0 Å². The van der Waals surface area contributed by atoms with Crippen LogP contribution >= 0.6 is 0 Å². The van der Waals surface area contributed by atoms with Crippen molar-refractivity contribution in [3.63, 3.8) is 0 Å². The Kier molecular flexibility index (Phi) is 6.17. The number of nitrogens with zero attached hydrogens (tertiary/aromatic N) is 3. The fraction of sp³-hybridized carbons (Fsp3) is 0.125. The van der Waals surface area contributed by atoms with Crippen LogP contribution in [0.25, 0.3) is 17.0 Å². The van der Waals surface area contributed by atoms with Gasteiger partial charge in [-0.25, -0.2) is 13.5 Å². The molecule has 0 radical (unpaired) electrons. The van der Waals surface area contributed by atoms with E-state index in [1.165, 1.54) is 41.1 Å². The van der Waals surface area contributed by atoms with Gasteiger partial charge in [-0.05, 0) is 73.5 Å². The lowest BCUT2D eigenvalue weighted by atomic mass is 10.1. The number of hydrogen-bond acceptors (Lipinski definition) is 5. The summed E-state index contributed by atoms with van der Waals surface area (Å²) in [5.41, 5.74) is 8.00. The van der Waals surface area contributed by atoms with Gasteiger partial charge in [-0.2, -0.15) is 10.4 Å². The summed E-state index contributed by atoms with van der Waals surface area (Å²) in [7, 11) is 0. The number of amides is 1. The van der Waals surface area contributed by atoms with Crippen LogP contribution in [0, 0.1) is 23.0 Å². The van der Waals surface area contributed by atoms with Crippen LogP contribution in [0.1, 0.15) is 28.2 Å². The fourth-order valence-corrected chi connectivity index (χ4v) is 3.33. The van der Waals surface area contributed by atoms with E-state index in [9.17, 15) is 18.8 Å². The van der Waals surface area contributed by atoms with Gasteiger partial charge < -0.3 is 15.5 Å². The minimum absolute atomic E-state index is 0.136. The molecule has 0 bridgehead atoms. The number of anilines is 1. The van der Waals surface area contributed by atoms with Gasteiger partial charge in [0.1, 0.15) is 34.8 Å². The Morgan fingerprint density at radius 2 is 1.73 bits per heavy atom. The van der Waals surface area contributed by atoms with Crippen LogP contribution in [0.5, 0.6) is 0 Å². The molecule has 0 saturated heterocycles. The maximum absolute atomic E-state index is 13.2. The number of carbonyl (C=O) groups is 1. The van der Waals surface area contributed by atoms with Gasteiger partial charge in [0.15, 0.2) is 5.76 Å². The molecule has 3 N–H and O–H groups in total. The summed E-state index contributed by atoms with van der Waals surface area (Å²) < 4.78 is 33.2. The number of benzene rings is 2. The third-order valence-electron chi connectivity index (χ3n) is 5.01. The van der Waals surface area contributed by atoms with Crippen LogP contribution in [0.15, 0.2) is 65.1 Å². The zero-order valence-corrected chi connectivity index (χ0v) is 17.4. The van der Waals surface area contributed by atoms with Gasteiger partial charge >= 0.3 is 0 Å². The van der Waals surface area contributed by atoms with Gasteiger partial charge in [0.05, 0.1) is 11.4 Å². The summed E-state index contributed by atoms with van der Waals surface area (Å²) in [6, 6.07) is 16.6. The molecule has 7 nitrogen and oxygen atoms in total. The summed E-state index contributed by atoms with van der Waals surface area (Å²) in [5, 5.41) is 16.6. The molecule has 4 aromatic rings. The molecular formula is C24H19F2N5O2. The smallest absolute Gasteiger partial charge is 0.287 e. The zero-order chi connectivity index (χ0) is 23.4. The first-order valence-corrected chi connectivity index (χ1v) is 10.1. The average Bonchev–Trinajstić information content (AvgIpc) is 3.43. The van der Waals surface area contributed by atoms with Crippen molar-refractivity contribution >= 4 is 11.7 Å². The molecule has 2 aromatic carbocycles. The SMILES string of the molecule is N#Cc1c(CCCNC(=O)c2ccc(-c3ccc(F)cc3)o2)nn(-c2ccc(F)cc2)c1N. The van der Waals surface area contributed by atoms with Gasteiger partial charge in [0.25, 0.3) is 5.91 Å². The first-order chi connectivity index (χ1) is 16.0. The van der Waals surface area contributed by atoms with E-state index < -0.39 is 0 Å². The van der Waals surface area contributed by atoms with Crippen molar-refractivity contribution in [2.45, 2.75) is 12.8 Å². The highest BCUT2D eigenvalue weighted by atomic mass is 19.1. The van der Waals surface area contributed by atoms with Crippen molar-refractivity contribution in [3.8, 4) is 23.1 Å². The summed E-state index contributed by atoms with van der Waals surface area (Å²) in [5.74, 6) is -0.362. The van der Waals surface area contributed by atoms with E-state index >= 15 is 0 Å². The molecule has 166 valence electrons. The molecule has 0 aliphatic heterocycles. The standard InChI is InChI=1S/C24H19F2N5O2/c25-16-5-3-15(4-6-16)21-11-12-22(33-21)24(32)29-13-1-2-20-19(14-27)23(28)31(30-20)18-9-7-17(26)8-10-18/h3-12H,1-2,13,28H2,(H,29,32). The van der Waals surface area contributed by atoms with Gasteiger partial charge in [-0.15, -0.1) is 0 Å². The molecule has 4 rings (SSSR count). The number of nitrogen functional groups attached to an aromatic ring is 1. The number of aryl methyl sites for hydroxylation is 1. The van der Waals surface area contributed by atoms with Crippen LogP contribution < -0.4 is 11.1 Å². The number of carbonyl (C=O) groups excluding carboxylic acids is 1. The quantitative estimate of drug-likeness (QED) is 0.412. The number of rotatable bonds is 7. The Labute approximate surface area is 188 Å². The molecule has 0 aliphatic rings. The molecular weight excluding hydrogens is 428 g/mol. The number of hydrogen-bond donors (Lipinski definition) is 2. The summed E-state index contributed by atoms with van der Waals surface area (Å²) in [6.07, 6.45) is 0.909. The minimum atomic E-state index is -0.389. The largest absolute Gasteiger partial charge is 0.451 e. The van der Waals surface area contributed by atoms with E-state index in [0.717, 1.165) is 0 Å². The van der Waals surface area contributed by atoms with Crippen LogP contribution in [0.3, 0.4) is 0 Å². The van der Waals surface area contributed by atoms with Crippen molar-refractivity contribution in [1.82, 2.24) is 15.1 Å². The second-order valence-corrected chi connectivity index (χ2v) is 7.24. The van der Waals surface area contributed by atoms with E-state index in [0.29, 0.717) is 42.1 Å². The van der Waals surface area contributed by atoms with Gasteiger partial charge in [0, 0.05) is 12.1 Å². The Bertz CT molecular complexity index is 1320. The van der Waals surface area contributed by atoms with Crippen molar-refractivity contribution < 1.29 is 18.0 Å². The van der Waals surface area contributed by atoms with Gasteiger partial charge in [0.2, 0.25) is 0 Å².